The molecular weight excluding hydrogens is 336 g/mol. The normalized spacial score (nSPS) is 12.7. The maximum absolute atomic E-state index is 12.4. The van der Waals surface area contributed by atoms with Crippen molar-refractivity contribution >= 4 is 23.1 Å². The summed E-state index contributed by atoms with van der Waals surface area (Å²) in [7, 11) is 2.79. The molecule has 0 spiro atoms. The smallest absolute Gasteiger partial charge is 0.326 e. The lowest BCUT2D eigenvalue weighted by Crippen LogP contribution is -2.83. The summed E-state index contributed by atoms with van der Waals surface area (Å²) >= 11 is 0. The third kappa shape index (κ3) is 2.90. The van der Waals surface area contributed by atoms with Gasteiger partial charge < -0.3 is 5.32 Å². The van der Waals surface area contributed by atoms with Crippen molar-refractivity contribution in [3.63, 3.8) is 0 Å². The number of aryl methyl sites for hydroxylation is 1. The van der Waals surface area contributed by atoms with Gasteiger partial charge in [0.05, 0.1) is 19.0 Å². The minimum atomic E-state index is -0.600. The first-order valence-electron chi connectivity index (χ1n) is 8.19. The molecule has 1 aromatic heterocycles. The molecule has 8 nitrogen and oxygen atoms in total. The highest BCUT2D eigenvalue weighted by molar-refractivity contribution is 6.14. The molecule has 2 N–H and O–H groups in total. The van der Waals surface area contributed by atoms with E-state index in [-0.39, 0.29) is 22.7 Å². The molecule has 8 heteroatoms. The second kappa shape index (κ2) is 6.55. The fourth-order valence-corrected chi connectivity index (χ4v) is 2.92. The van der Waals surface area contributed by atoms with Gasteiger partial charge in [-0.2, -0.15) is 4.57 Å². The minimum absolute atomic E-state index is 0.0545. The van der Waals surface area contributed by atoms with Gasteiger partial charge in [0.25, 0.3) is 11.0 Å². The SMILES string of the molecule is CCc1ccc(NC(=O)CC2=c3c(=O)n(C)c(=O)n(C)c3=[NH+]C2=O)cc1. The molecule has 1 aliphatic heterocycles. The number of hydrogen-bond donors (Lipinski definition) is 2. The van der Waals surface area contributed by atoms with Gasteiger partial charge >= 0.3 is 11.6 Å². The number of nitrogens with one attached hydrogen (secondary N) is 2. The number of fused-ring (bicyclic) bond motifs is 1. The number of anilines is 1. The van der Waals surface area contributed by atoms with Crippen LogP contribution in [0, 0.1) is 0 Å². The Hall–Kier alpha value is -3.29. The highest BCUT2D eigenvalue weighted by Crippen LogP contribution is 2.11. The van der Waals surface area contributed by atoms with Gasteiger partial charge in [0.1, 0.15) is 5.22 Å². The van der Waals surface area contributed by atoms with Gasteiger partial charge in [0.2, 0.25) is 5.91 Å². The van der Waals surface area contributed by atoms with Crippen molar-refractivity contribution in [2.75, 3.05) is 5.32 Å². The van der Waals surface area contributed by atoms with E-state index in [0.29, 0.717) is 5.69 Å². The van der Waals surface area contributed by atoms with Crippen LogP contribution < -0.4 is 32.3 Å². The van der Waals surface area contributed by atoms with E-state index in [0.717, 1.165) is 16.6 Å². The Balaban J connectivity index is 1.98. The molecule has 134 valence electrons. The van der Waals surface area contributed by atoms with Gasteiger partial charge in [-0.3, -0.25) is 9.59 Å². The molecule has 2 heterocycles. The number of benzene rings is 1. The lowest BCUT2D eigenvalue weighted by atomic mass is 10.1. The Morgan fingerprint density at radius 3 is 2.35 bits per heavy atom. The number of amides is 2. The first-order valence-corrected chi connectivity index (χ1v) is 8.19. The van der Waals surface area contributed by atoms with E-state index in [4.69, 9.17) is 0 Å². The van der Waals surface area contributed by atoms with Crippen molar-refractivity contribution < 1.29 is 14.6 Å². The summed E-state index contributed by atoms with van der Waals surface area (Å²) < 4.78 is 2.10. The standard InChI is InChI=1S/C18H18N4O4/c1-4-10-5-7-11(8-6-10)19-13(23)9-12-14-15(20-16(12)24)21(2)18(26)22(3)17(14)25/h5-8H,4,9H2,1-3H3,(H,19,23)/p+1. The number of rotatable bonds is 4. The zero-order valence-electron chi connectivity index (χ0n) is 14.8. The number of carbonyl (C=O) groups is 2. The monoisotopic (exact) mass is 355 g/mol. The number of hydrogen-bond acceptors (Lipinski definition) is 4. The van der Waals surface area contributed by atoms with Gasteiger partial charge in [-0.05, 0) is 24.1 Å². The van der Waals surface area contributed by atoms with Crippen molar-refractivity contribution in [3.8, 4) is 0 Å². The fourth-order valence-electron chi connectivity index (χ4n) is 2.92. The second-order valence-electron chi connectivity index (χ2n) is 6.14. The van der Waals surface area contributed by atoms with Crippen molar-refractivity contribution in [3.05, 3.63) is 61.4 Å². The van der Waals surface area contributed by atoms with E-state index in [1.54, 1.807) is 12.1 Å². The first kappa shape index (κ1) is 17.5. The summed E-state index contributed by atoms with van der Waals surface area (Å²) in [5.41, 5.74) is 0.787. The molecule has 0 atom stereocenters. The molecule has 26 heavy (non-hydrogen) atoms. The summed E-state index contributed by atoms with van der Waals surface area (Å²) in [6.07, 6.45) is 0.632. The molecule has 0 saturated carbocycles. The molecule has 3 rings (SSSR count). The van der Waals surface area contributed by atoms with E-state index in [2.05, 4.69) is 10.3 Å². The van der Waals surface area contributed by atoms with Crippen LogP contribution in [0.1, 0.15) is 18.9 Å². The Labute approximate surface area is 148 Å². The van der Waals surface area contributed by atoms with E-state index < -0.39 is 23.1 Å². The summed E-state index contributed by atoms with van der Waals surface area (Å²) in [6, 6.07) is 7.39. The third-order valence-corrected chi connectivity index (χ3v) is 4.46. The average Bonchev–Trinajstić information content (AvgIpc) is 2.95. The lowest BCUT2D eigenvalue weighted by Gasteiger charge is -2.05. The van der Waals surface area contributed by atoms with Gasteiger partial charge in [-0.15, -0.1) is 0 Å². The Morgan fingerprint density at radius 1 is 1.08 bits per heavy atom. The molecule has 2 aromatic rings. The van der Waals surface area contributed by atoms with Crippen LogP contribution >= 0.6 is 0 Å². The van der Waals surface area contributed by atoms with Crippen molar-refractivity contribution in [2.24, 2.45) is 14.1 Å². The van der Waals surface area contributed by atoms with Gasteiger partial charge in [-0.25, -0.2) is 19.1 Å². The molecule has 0 saturated heterocycles. The molecule has 0 unspecified atom stereocenters. The van der Waals surface area contributed by atoms with Crippen LogP contribution in [-0.2, 0) is 30.1 Å². The Morgan fingerprint density at radius 2 is 1.73 bits per heavy atom. The first-order chi connectivity index (χ1) is 12.3. The number of carbonyl (C=O) groups excluding carboxylic acids is 2. The summed E-state index contributed by atoms with van der Waals surface area (Å²) in [6.45, 7) is 2.04. The molecular formula is C18H19N4O4+. The number of nitrogens with zero attached hydrogens (tertiary/aromatic N) is 2. The quantitative estimate of drug-likeness (QED) is 0.613. The third-order valence-electron chi connectivity index (χ3n) is 4.46. The maximum Gasteiger partial charge on any atom is 0.417 e. The zero-order valence-corrected chi connectivity index (χ0v) is 14.8. The summed E-state index contributed by atoms with van der Waals surface area (Å²) in [5.74, 6) is -0.960. The van der Waals surface area contributed by atoms with Crippen molar-refractivity contribution in [1.29, 1.82) is 0 Å². The second-order valence-corrected chi connectivity index (χ2v) is 6.14. The highest BCUT2D eigenvalue weighted by atomic mass is 16.2. The van der Waals surface area contributed by atoms with Gasteiger partial charge in [-0.1, -0.05) is 19.1 Å². The van der Waals surface area contributed by atoms with E-state index in [1.165, 1.54) is 18.7 Å². The minimum Gasteiger partial charge on any atom is -0.326 e. The van der Waals surface area contributed by atoms with Crippen LogP contribution in [0.3, 0.4) is 0 Å². The van der Waals surface area contributed by atoms with Crippen molar-refractivity contribution in [2.45, 2.75) is 19.8 Å². The average molecular weight is 355 g/mol. The molecule has 1 aromatic carbocycles. The van der Waals surface area contributed by atoms with E-state index in [9.17, 15) is 19.2 Å². The Kier molecular flexibility index (Phi) is 4.41. The molecule has 0 aliphatic carbocycles. The van der Waals surface area contributed by atoms with Crippen LogP contribution in [0.4, 0.5) is 5.69 Å². The van der Waals surface area contributed by atoms with Crippen molar-refractivity contribution in [1.82, 2.24) is 9.13 Å². The van der Waals surface area contributed by atoms with Crippen LogP contribution in [0.5, 0.6) is 0 Å². The fraction of sp³-hybridized carbons (Fsp3) is 0.278. The summed E-state index contributed by atoms with van der Waals surface area (Å²) in [4.78, 5) is 51.4. The van der Waals surface area contributed by atoms with Crippen LogP contribution in [0.15, 0.2) is 33.9 Å². The highest BCUT2D eigenvalue weighted by Gasteiger charge is 2.28. The van der Waals surface area contributed by atoms with Gasteiger partial charge in [0, 0.05) is 12.7 Å². The lowest BCUT2D eigenvalue weighted by molar-refractivity contribution is -0.412. The molecule has 2 amide bonds. The predicted molar refractivity (Wildman–Crippen MR) is 93.7 cm³/mol. The number of aromatic nitrogens is 2. The van der Waals surface area contributed by atoms with Crippen LogP contribution in [-0.4, -0.2) is 20.9 Å². The largest absolute Gasteiger partial charge is 0.417 e. The predicted octanol–water partition coefficient (Wildman–Crippen LogP) is -2.93. The molecule has 0 fully saturated rings. The van der Waals surface area contributed by atoms with Crippen LogP contribution in [0.25, 0.3) is 5.57 Å². The topological polar surface area (TPSA) is 104 Å². The zero-order chi connectivity index (χ0) is 19.0. The molecule has 0 radical (unpaired) electrons. The van der Waals surface area contributed by atoms with E-state index >= 15 is 0 Å². The van der Waals surface area contributed by atoms with Crippen LogP contribution in [0.2, 0.25) is 0 Å². The Bertz CT molecular complexity index is 1150. The summed E-state index contributed by atoms with van der Waals surface area (Å²) in [5, 5.41) is 2.78. The van der Waals surface area contributed by atoms with Gasteiger partial charge in [0.15, 0.2) is 0 Å². The molecule has 0 bridgehead atoms. The van der Waals surface area contributed by atoms with E-state index in [1.807, 2.05) is 19.1 Å². The molecule has 1 aliphatic rings. The maximum atomic E-state index is 12.4.